The molecule has 0 amide bonds. The van der Waals surface area contributed by atoms with Gasteiger partial charge in [0, 0.05) is 16.4 Å². The summed E-state index contributed by atoms with van der Waals surface area (Å²) in [4.78, 5) is 16.4. The number of ether oxygens (including phenoxy) is 1. The Labute approximate surface area is 132 Å². The topological polar surface area (TPSA) is 51.2 Å². The number of rotatable bonds is 5. The van der Waals surface area contributed by atoms with E-state index in [4.69, 9.17) is 4.74 Å². The van der Waals surface area contributed by atoms with Crippen LogP contribution in [0.4, 0.5) is 5.69 Å². The Morgan fingerprint density at radius 2 is 2.00 bits per heavy atom. The molecule has 0 bridgehead atoms. The minimum Gasteiger partial charge on any atom is -0.464 e. The molecule has 0 fully saturated rings. The first-order chi connectivity index (χ1) is 10.1. The number of esters is 1. The molecule has 0 aliphatic carbocycles. The minimum atomic E-state index is -0.624. The third kappa shape index (κ3) is 4.29. The molecule has 1 aromatic carbocycles. The summed E-state index contributed by atoms with van der Waals surface area (Å²) in [5.41, 5.74) is 2.63. The lowest BCUT2D eigenvalue weighted by Gasteiger charge is -2.18. The standard InChI is InChI=1S/C16H17BrN2O2/c1-3-21-16(20)15(14-9-6-12(17)10-18-14)19-13-7-4-11(2)5-8-13/h4-10,15,19H,3H2,1-2H3. The maximum Gasteiger partial charge on any atom is 0.334 e. The van der Waals surface area contributed by atoms with E-state index in [9.17, 15) is 4.79 Å². The fourth-order valence-corrected chi connectivity index (χ4v) is 2.09. The van der Waals surface area contributed by atoms with E-state index in [1.54, 1.807) is 19.2 Å². The summed E-state index contributed by atoms with van der Waals surface area (Å²) in [5, 5.41) is 3.17. The summed E-state index contributed by atoms with van der Waals surface area (Å²) in [6.45, 7) is 4.14. The summed E-state index contributed by atoms with van der Waals surface area (Å²) >= 11 is 3.34. The zero-order valence-electron chi connectivity index (χ0n) is 12.0. The highest BCUT2D eigenvalue weighted by Crippen LogP contribution is 2.21. The lowest BCUT2D eigenvalue weighted by Crippen LogP contribution is -2.24. The average Bonchev–Trinajstić information content (AvgIpc) is 2.48. The number of nitrogens with one attached hydrogen (secondary N) is 1. The Morgan fingerprint density at radius 3 is 2.57 bits per heavy atom. The van der Waals surface area contributed by atoms with Crippen molar-refractivity contribution in [2.24, 2.45) is 0 Å². The molecule has 2 rings (SSSR count). The number of aryl methyl sites for hydroxylation is 1. The molecule has 2 aromatic rings. The summed E-state index contributed by atoms with van der Waals surface area (Å²) in [5.74, 6) is -0.340. The van der Waals surface area contributed by atoms with Crippen molar-refractivity contribution in [1.82, 2.24) is 4.98 Å². The van der Waals surface area contributed by atoms with Crippen LogP contribution in [0.2, 0.25) is 0 Å². The van der Waals surface area contributed by atoms with Crippen LogP contribution in [0.25, 0.3) is 0 Å². The van der Waals surface area contributed by atoms with E-state index in [0.717, 1.165) is 15.7 Å². The second kappa shape index (κ2) is 7.22. The number of halogens is 1. The Bertz CT molecular complexity index is 597. The molecule has 21 heavy (non-hydrogen) atoms. The van der Waals surface area contributed by atoms with Gasteiger partial charge < -0.3 is 10.1 Å². The number of pyridine rings is 1. The molecule has 0 radical (unpaired) electrons. The molecule has 0 aliphatic rings. The molecule has 110 valence electrons. The monoisotopic (exact) mass is 348 g/mol. The molecular weight excluding hydrogens is 332 g/mol. The average molecular weight is 349 g/mol. The van der Waals surface area contributed by atoms with Gasteiger partial charge in [0.05, 0.1) is 12.3 Å². The normalized spacial score (nSPS) is 11.8. The Balaban J connectivity index is 2.25. The predicted molar refractivity (Wildman–Crippen MR) is 86.1 cm³/mol. The summed E-state index contributed by atoms with van der Waals surface area (Å²) < 4.78 is 6.00. The van der Waals surface area contributed by atoms with E-state index < -0.39 is 6.04 Å². The largest absolute Gasteiger partial charge is 0.464 e. The second-order valence-electron chi connectivity index (χ2n) is 4.60. The number of aromatic nitrogens is 1. The van der Waals surface area contributed by atoms with E-state index in [1.807, 2.05) is 37.3 Å². The maximum absolute atomic E-state index is 12.2. The van der Waals surface area contributed by atoms with Crippen LogP contribution >= 0.6 is 15.9 Å². The van der Waals surface area contributed by atoms with Crippen LogP contribution in [0.1, 0.15) is 24.2 Å². The van der Waals surface area contributed by atoms with E-state index in [-0.39, 0.29) is 5.97 Å². The molecule has 0 spiro atoms. The quantitative estimate of drug-likeness (QED) is 0.833. The van der Waals surface area contributed by atoms with Crippen molar-refractivity contribution in [2.45, 2.75) is 19.9 Å². The number of nitrogens with zero attached hydrogens (tertiary/aromatic N) is 1. The molecule has 1 N–H and O–H groups in total. The summed E-state index contributed by atoms with van der Waals surface area (Å²) in [7, 11) is 0. The summed E-state index contributed by atoms with van der Waals surface area (Å²) in [6, 6.07) is 10.9. The van der Waals surface area contributed by atoms with Crippen LogP contribution in [0.3, 0.4) is 0 Å². The number of hydrogen-bond donors (Lipinski definition) is 1. The van der Waals surface area contributed by atoms with Crippen molar-refractivity contribution in [1.29, 1.82) is 0 Å². The van der Waals surface area contributed by atoms with E-state index in [2.05, 4.69) is 26.2 Å². The number of hydrogen-bond acceptors (Lipinski definition) is 4. The van der Waals surface area contributed by atoms with Gasteiger partial charge >= 0.3 is 5.97 Å². The van der Waals surface area contributed by atoms with Crippen LogP contribution in [-0.4, -0.2) is 17.6 Å². The van der Waals surface area contributed by atoms with Crippen LogP contribution in [-0.2, 0) is 9.53 Å². The van der Waals surface area contributed by atoms with Gasteiger partial charge in [0.2, 0.25) is 0 Å². The third-order valence-electron chi connectivity index (χ3n) is 2.93. The second-order valence-corrected chi connectivity index (χ2v) is 5.51. The fourth-order valence-electron chi connectivity index (χ4n) is 1.85. The van der Waals surface area contributed by atoms with Crippen LogP contribution in [0.5, 0.6) is 0 Å². The lowest BCUT2D eigenvalue weighted by atomic mass is 10.1. The van der Waals surface area contributed by atoms with Crippen molar-refractivity contribution < 1.29 is 9.53 Å². The van der Waals surface area contributed by atoms with Crippen LogP contribution in [0.15, 0.2) is 47.1 Å². The highest BCUT2D eigenvalue weighted by Gasteiger charge is 2.23. The molecule has 0 saturated carbocycles. The number of carbonyl (C=O) groups is 1. The van der Waals surface area contributed by atoms with Gasteiger partial charge in [0.25, 0.3) is 0 Å². The van der Waals surface area contributed by atoms with Gasteiger partial charge in [-0.3, -0.25) is 4.98 Å². The Hall–Kier alpha value is -1.88. The Kier molecular flexibility index (Phi) is 5.33. The molecular formula is C16H17BrN2O2. The summed E-state index contributed by atoms with van der Waals surface area (Å²) in [6.07, 6.45) is 1.67. The fraction of sp³-hybridized carbons (Fsp3) is 0.250. The predicted octanol–water partition coefficient (Wildman–Crippen LogP) is 3.87. The first-order valence-corrected chi connectivity index (χ1v) is 7.50. The molecule has 1 heterocycles. The number of carbonyl (C=O) groups excluding carboxylic acids is 1. The van der Waals surface area contributed by atoms with E-state index in [0.29, 0.717) is 12.3 Å². The zero-order valence-corrected chi connectivity index (χ0v) is 13.6. The van der Waals surface area contributed by atoms with Gasteiger partial charge in [-0.1, -0.05) is 17.7 Å². The first-order valence-electron chi connectivity index (χ1n) is 6.71. The smallest absolute Gasteiger partial charge is 0.334 e. The van der Waals surface area contributed by atoms with Crippen molar-refractivity contribution in [2.75, 3.05) is 11.9 Å². The van der Waals surface area contributed by atoms with Crippen molar-refractivity contribution >= 4 is 27.6 Å². The SMILES string of the molecule is CCOC(=O)C(Nc1ccc(C)cc1)c1ccc(Br)cn1. The van der Waals surface area contributed by atoms with Crippen molar-refractivity contribution in [3.63, 3.8) is 0 Å². The highest BCUT2D eigenvalue weighted by molar-refractivity contribution is 9.10. The van der Waals surface area contributed by atoms with Gasteiger partial charge in [-0.2, -0.15) is 0 Å². The number of anilines is 1. The number of benzene rings is 1. The first kappa shape index (κ1) is 15.5. The molecule has 1 aromatic heterocycles. The van der Waals surface area contributed by atoms with Gasteiger partial charge in [-0.05, 0) is 54.0 Å². The maximum atomic E-state index is 12.2. The molecule has 1 unspecified atom stereocenters. The van der Waals surface area contributed by atoms with Gasteiger partial charge in [0.15, 0.2) is 6.04 Å². The lowest BCUT2D eigenvalue weighted by molar-refractivity contribution is -0.144. The zero-order chi connectivity index (χ0) is 15.2. The van der Waals surface area contributed by atoms with E-state index >= 15 is 0 Å². The van der Waals surface area contributed by atoms with Crippen LogP contribution < -0.4 is 5.32 Å². The molecule has 4 nitrogen and oxygen atoms in total. The third-order valence-corrected chi connectivity index (χ3v) is 3.40. The van der Waals surface area contributed by atoms with Gasteiger partial charge in [-0.15, -0.1) is 0 Å². The molecule has 1 atom stereocenters. The van der Waals surface area contributed by atoms with Crippen LogP contribution in [0, 0.1) is 6.92 Å². The molecule has 5 heteroatoms. The molecule has 0 aliphatic heterocycles. The van der Waals surface area contributed by atoms with Gasteiger partial charge in [0.1, 0.15) is 0 Å². The molecule has 0 saturated heterocycles. The van der Waals surface area contributed by atoms with Crippen molar-refractivity contribution in [3.05, 3.63) is 58.3 Å². The van der Waals surface area contributed by atoms with E-state index in [1.165, 1.54) is 0 Å². The van der Waals surface area contributed by atoms with Crippen molar-refractivity contribution in [3.8, 4) is 0 Å². The van der Waals surface area contributed by atoms with Gasteiger partial charge in [-0.25, -0.2) is 4.79 Å². The Morgan fingerprint density at radius 1 is 1.29 bits per heavy atom. The highest BCUT2D eigenvalue weighted by atomic mass is 79.9. The minimum absolute atomic E-state index is 0.335.